The molecule has 0 saturated heterocycles. The molecule has 0 aliphatic heterocycles. The summed E-state index contributed by atoms with van der Waals surface area (Å²) in [5.41, 5.74) is 1.08. The quantitative estimate of drug-likeness (QED) is 0.878. The van der Waals surface area contributed by atoms with Crippen molar-refractivity contribution in [2.75, 3.05) is 0 Å². The number of carboxylic acid groups (broad SMARTS) is 1. The molecule has 118 valence electrons. The van der Waals surface area contributed by atoms with Crippen molar-refractivity contribution in [1.82, 2.24) is 5.32 Å². The Morgan fingerprint density at radius 3 is 2.41 bits per heavy atom. The summed E-state index contributed by atoms with van der Waals surface area (Å²) in [6, 6.07) is 9.84. The predicted molar refractivity (Wildman–Crippen MR) is 83.1 cm³/mol. The molecular weight excluding hydrogens is 278 g/mol. The lowest BCUT2D eigenvalue weighted by Gasteiger charge is -2.29. The van der Waals surface area contributed by atoms with Gasteiger partial charge in [-0.3, -0.25) is 9.59 Å². The molecular formula is C18H23NO3. The summed E-state index contributed by atoms with van der Waals surface area (Å²) in [4.78, 5) is 24.3. The molecule has 0 radical (unpaired) electrons. The van der Waals surface area contributed by atoms with Gasteiger partial charge in [0.15, 0.2) is 0 Å². The molecule has 0 heterocycles. The van der Waals surface area contributed by atoms with Crippen LogP contribution in [-0.2, 0) is 9.59 Å². The molecule has 1 amide bonds. The lowest BCUT2D eigenvalue weighted by Crippen LogP contribution is -2.42. The predicted octanol–water partition coefficient (Wildman–Crippen LogP) is 3.00. The summed E-state index contributed by atoms with van der Waals surface area (Å²) in [5, 5.41) is 12.6. The number of aliphatic carboxylic acids is 1. The second-order valence-corrected chi connectivity index (χ2v) is 6.60. The highest BCUT2D eigenvalue weighted by molar-refractivity contribution is 5.86. The third-order valence-electron chi connectivity index (χ3n) is 5.43. The molecule has 4 nitrogen and oxygen atoms in total. The third kappa shape index (κ3) is 2.62. The minimum absolute atomic E-state index is 0.0396. The van der Waals surface area contributed by atoms with Gasteiger partial charge in [0.05, 0.1) is 17.9 Å². The maximum absolute atomic E-state index is 12.7. The summed E-state index contributed by atoms with van der Waals surface area (Å²) in [6.07, 6.45) is 3.65. The van der Waals surface area contributed by atoms with Crippen LogP contribution in [0, 0.1) is 23.7 Å². The zero-order chi connectivity index (χ0) is 15.7. The van der Waals surface area contributed by atoms with Crippen LogP contribution in [0.3, 0.4) is 0 Å². The summed E-state index contributed by atoms with van der Waals surface area (Å²) in [6.45, 7) is 2.04. The SMILES string of the molecule is CCC(NC(=O)C1C2CCC(C2)C1C(=O)O)c1ccccc1. The lowest BCUT2D eigenvalue weighted by molar-refractivity contribution is -0.149. The van der Waals surface area contributed by atoms with E-state index < -0.39 is 11.9 Å². The van der Waals surface area contributed by atoms with Gasteiger partial charge in [0.1, 0.15) is 0 Å². The van der Waals surface area contributed by atoms with Crippen LogP contribution in [0.2, 0.25) is 0 Å². The number of benzene rings is 1. The molecule has 2 aliphatic carbocycles. The molecule has 2 fully saturated rings. The maximum Gasteiger partial charge on any atom is 0.307 e. The van der Waals surface area contributed by atoms with E-state index in [2.05, 4.69) is 5.32 Å². The van der Waals surface area contributed by atoms with Gasteiger partial charge in [-0.05, 0) is 43.1 Å². The van der Waals surface area contributed by atoms with Gasteiger partial charge < -0.3 is 10.4 Å². The second kappa shape index (κ2) is 6.11. The van der Waals surface area contributed by atoms with Crippen molar-refractivity contribution in [3.63, 3.8) is 0 Å². The first-order valence-corrected chi connectivity index (χ1v) is 8.20. The van der Waals surface area contributed by atoms with E-state index in [9.17, 15) is 14.7 Å². The maximum atomic E-state index is 12.7. The summed E-state index contributed by atoms with van der Waals surface area (Å²) in [7, 11) is 0. The van der Waals surface area contributed by atoms with Gasteiger partial charge in [0.25, 0.3) is 0 Å². The number of carbonyl (C=O) groups excluding carboxylic acids is 1. The van der Waals surface area contributed by atoms with Crippen molar-refractivity contribution in [3.05, 3.63) is 35.9 Å². The number of carboxylic acids is 1. The molecule has 1 aromatic rings. The van der Waals surface area contributed by atoms with Crippen LogP contribution in [0.15, 0.2) is 30.3 Å². The van der Waals surface area contributed by atoms with E-state index in [0.29, 0.717) is 0 Å². The van der Waals surface area contributed by atoms with E-state index >= 15 is 0 Å². The van der Waals surface area contributed by atoms with E-state index in [-0.39, 0.29) is 29.7 Å². The third-order valence-corrected chi connectivity index (χ3v) is 5.43. The largest absolute Gasteiger partial charge is 0.481 e. The van der Waals surface area contributed by atoms with E-state index in [1.54, 1.807) is 0 Å². The number of hydrogen-bond donors (Lipinski definition) is 2. The number of rotatable bonds is 5. The molecule has 2 aliphatic rings. The van der Waals surface area contributed by atoms with Gasteiger partial charge in [-0.2, -0.15) is 0 Å². The topological polar surface area (TPSA) is 66.4 Å². The van der Waals surface area contributed by atoms with Crippen molar-refractivity contribution in [2.24, 2.45) is 23.7 Å². The van der Waals surface area contributed by atoms with Gasteiger partial charge in [-0.1, -0.05) is 37.3 Å². The molecule has 2 N–H and O–H groups in total. The molecule has 1 aromatic carbocycles. The smallest absolute Gasteiger partial charge is 0.307 e. The molecule has 3 rings (SSSR count). The van der Waals surface area contributed by atoms with Crippen molar-refractivity contribution in [3.8, 4) is 0 Å². The number of fused-ring (bicyclic) bond motifs is 2. The zero-order valence-corrected chi connectivity index (χ0v) is 12.9. The van der Waals surface area contributed by atoms with Gasteiger partial charge in [-0.15, -0.1) is 0 Å². The highest BCUT2D eigenvalue weighted by Crippen LogP contribution is 2.52. The molecule has 2 saturated carbocycles. The lowest BCUT2D eigenvalue weighted by atomic mass is 9.78. The van der Waals surface area contributed by atoms with Crippen LogP contribution in [-0.4, -0.2) is 17.0 Å². The molecule has 2 bridgehead atoms. The first-order chi connectivity index (χ1) is 10.6. The fourth-order valence-electron chi connectivity index (χ4n) is 4.40. The zero-order valence-electron chi connectivity index (χ0n) is 12.9. The molecule has 5 unspecified atom stereocenters. The van der Waals surface area contributed by atoms with Crippen LogP contribution in [0.25, 0.3) is 0 Å². The minimum atomic E-state index is -0.805. The Hall–Kier alpha value is -1.84. The van der Waals surface area contributed by atoms with Crippen LogP contribution < -0.4 is 5.32 Å². The Morgan fingerprint density at radius 1 is 1.18 bits per heavy atom. The highest BCUT2D eigenvalue weighted by atomic mass is 16.4. The number of amides is 1. The normalized spacial score (nSPS) is 31.0. The average molecular weight is 301 g/mol. The van der Waals surface area contributed by atoms with E-state index in [1.807, 2.05) is 37.3 Å². The first kappa shape index (κ1) is 15.1. The van der Waals surface area contributed by atoms with Crippen LogP contribution in [0.5, 0.6) is 0 Å². The van der Waals surface area contributed by atoms with E-state index in [1.165, 1.54) is 0 Å². The Labute approximate surface area is 130 Å². The fraction of sp³-hybridized carbons (Fsp3) is 0.556. The Kier molecular flexibility index (Phi) is 4.19. The average Bonchev–Trinajstić information content (AvgIpc) is 3.14. The highest BCUT2D eigenvalue weighted by Gasteiger charge is 2.54. The molecule has 5 atom stereocenters. The summed E-state index contributed by atoms with van der Waals surface area (Å²) >= 11 is 0. The standard InChI is InChI=1S/C18H23NO3/c1-2-14(11-6-4-3-5-7-11)19-17(20)15-12-8-9-13(10-12)16(15)18(21)22/h3-7,12-16H,2,8-10H2,1H3,(H,19,20)(H,21,22). The molecule has 22 heavy (non-hydrogen) atoms. The number of hydrogen-bond acceptors (Lipinski definition) is 2. The van der Waals surface area contributed by atoms with Gasteiger partial charge >= 0.3 is 5.97 Å². The van der Waals surface area contributed by atoms with Crippen molar-refractivity contribution < 1.29 is 14.7 Å². The van der Waals surface area contributed by atoms with Gasteiger partial charge in [0.2, 0.25) is 5.91 Å². The van der Waals surface area contributed by atoms with Gasteiger partial charge in [-0.25, -0.2) is 0 Å². The summed E-state index contributed by atoms with van der Waals surface area (Å²) in [5.74, 6) is -1.29. The Balaban J connectivity index is 1.74. The number of carbonyl (C=O) groups is 2. The van der Waals surface area contributed by atoms with Crippen LogP contribution >= 0.6 is 0 Å². The molecule has 0 aromatic heterocycles. The van der Waals surface area contributed by atoms with Gasteiger partial charge in [0, 0.05) is 0 Å². The van der Waals surface area contributed by atoms with Crippen molar-refractivity contribution in [2.45, 2.75) is 38.6 Å². The Bertz CT molecular complexity index is 557. The molecule has 4 heteroatoms. The second-order valence-electron chi connectivity index (χ2n) is 6.60. The van der Waals surface area contributed by atoms with E-state index in [4.69, 9.17) is 0 Å². The van der Waals surface area contributed by atoms with Crippen molar-refractivity contribution in [1.29, 1.82) is 0 Å². The van der Waals surface area contributed by atoms with Crippen LogP contribution in [0.1, 0.15) is 44.2 Å². The first-order valence-electron chi connectivity index (χ1n) is 8.20. The van der Waals surface area contributed by atoms with E-state index in [0.717, 1.165) is 31.2 Å². The number of nitrogens with one attached hydrogen (secondary N) is 1. The minimum Gasteiger partial charge on any atom is -0.481 e. The monoisotopic (exact) mass is 301 g/mol. The van der Waals surface area contributed by atoms with Crippen LogP contribution in [0.4, 0.5) is 0 Å². The molecule has 0 spiro atoms. The Morgan fingerprint density at radius 2 is 1.82 bits per heavy atom. The van der Waals surface area contributed by atoms with Crippen molar-refractivity contribution >= 4 is 11.9 Å². The fourth-order valence-corrected chi connectivity index (χ4v) is 4.40. The summed E-state index contributed by atoms with van der Waals surface area (Å²) < 4.78 is 0.